The second-order valence-electron chi connectivity index (χ2n) is 9.30. The SMILES string of the molecule is CO/N=C(\c1cn(Cc2ccc(NC(=O)c3cccc([C@H](C)CSC)c3C(N)=O)c(C)c2)nc1C(F)(F)F)C(F)(F)F. The van der Waals surface area contributed by atoms with Gasteiger partial charge in [0.25, 0.3) is 5.91 Å². The van der Waals surface area contributed by atoms with Crippen LogP contribution in [0.3, 0.4) is 0 Å². The molecule has 1 atom stereocenters. The largest absolute Gasteiger partial charge is 0.437 e. The van der Waals surface area contributed by atoms with Gasteiger partial charge in [0.2, 0.25) is 5.91 Å². The molecule has 1 aromatic heterocycles. The van der Waals surface area contributed by atoms with Crippen molar-refractivity contribution in [1.82, 2.24) is 9.78 Å². The normalized spacial score (nSPS) is 13.1. The molecular weight excluding hydrogens is 588 g/mol. The third-order valence-corrected chi connectivity index (χ3v) is 6.99. The number of hydrogen-bond acceptors (Lipinski definition) is 6. The minimum Gasteiger partial charge on any atom is -0.399 e. The lowest BCUT2D eigenvalue weighted by molar-refractivity contribution is -0.141. The van der Waals surface area contributed by atoms with E-state index in [4.69, 9.17) is 5.73 Å². The van der Waals surface area contributed by atoms with Gasteiger partial charge in [-0.2, -0.15) is 43.2 Å². The molecule has 0 unspecified atom stereocenters. The minimum absolute atomic E-state index is 0.0510. The number of amides is 2. The number of benzene rings is 2. The van der Waals surface area contributed by atoms with Crippen LogP contribution in [0.15, 0.2) is 47.8 Å². The molecule has 0 radical (unpaired) electrons. The summed E-state index contributed by atoms with van der Waals surface area (Å²) >= 11 is 1.58. The van der Waals surface area contributed by atoms with Crippen molar-refractivity contribution in [1.29, 1.82) is 0 Å². The highest BCUT2D eigenvalue weighted by atomic mass is 32.2. The number of nitrogens with two attached hydrogens (primary N) is 1. The Kier molecular flexibility index (Phi) is 9.97. The van der Waals surface area contributed by atoms with Gasteiger partial charge in [-0.25, -0.2) is 0 Å². The van der Waals surface area contributed by atoms with Crippen molar-refractivity contribution in [2.24, 2.45) is 10.9 Å². The summed E-state index contributed by atoms with van der Waals surface area (Å²) in [6.45, 7) is 3.21. The molecule has 0 bridgehead atoms. The van der Waals surface area contributed by atoms with Crippen LogP contribution in [0.4, 0.5) is 32.0 Å². The molecule has 8 nitrogen and oxygen atoms in total. The third-order valence-electron chi connectivity index (χ3n) is 6.16. The van der Waals surface area contributed by atoms with E-state index in [1.54, 1.807) is 30.8 Å². The predicted octanol–water partition coefficient (Wildman–Crippen LogP) is 5.99. The quantitative estimate of drug-likeness (QED) is 0.165. The van der Waals surface area contributed by atoms with Crippen LogP contribution in [0, 0.1) is 6.92 Å². The number of rotatable bonds is 10. The van der Waals surface area contributed by atoms with Gasteiger partial charge in [-0.1, -0.05) is 36.3 Å². The fraction of sp³-hybridized carbons (Fsp3) is 0.333. The van der Waals surface area contributed by atoms with Gasteiger partial charge in [0.1, 0.15) is 7.11 Å². The molecule has 2 amide bonds. The maximum Gasteiger partial charge on any atom is 0.437 e. The fourth-order valence-electron chi connectivity index (χ4n) is 4.36. The Morgan fingerprint density at radius 1 is 1.14 bits per heavy atom. The van der Waals surface area contributed by atoms with E-state index >= 15 is 0 Å². The van der Waals surface area contributed by atoms with E-state index in [1.165, 1.54) is 24.3 Å². The standard InChI is InChI=1S/C27H27F6N5O3S/c1-14-10-16(11-38-12-19(22(36-38)26(28,29)30)23(37-41-3)27(31,32)33)8-9-20(14)35-25(40)18-7-5-6-17(15(2)13-42-4)21(18)24(34)39/h5-10,12,15H,11,13H2,1-4H3,(H2,34,39)(H,35,40)/b37-23+/t15-/m1/s1. The summed E-state index contributed by atoms with van der Waals surface area (Å²) in [7, 11) is 0.782. The number of nitrogens with zero attached hydrogens (tertiary/aromatic N) is 3. The van der Waals surface area contributed by atoms with Gasteiger partial charge in [-0.05, 0) is 53.7 Å². The van der Waals surface area contributed by atoms with Crippen molar-refractivity contribution in [3.63, 3.8) is 0 Å². The van der Waals surface area contributed by atoms with Crippen LogP contribution in [0.5, 0.6) is 0 Å². The average molecular weight is 616 g/mol. The number of thioether (sulfide) groups is 1. The first kappa shape index (κ1) is 32.5. The van der Waals surface area contributed by atoms with Crippen LogP contribution in [-0.4, -0.2) is 52.6 Å². The Bertz CT molecular complexity index is 1500. The Hall–Kier alpha value is -4.01. The highest BCUT2D eigenvalue weighted by Crippen LogP contribution is 2.35. The lowest BCUT2D eigenvalue weighted by atomic mass is 9.92. The van der Waals surface area contributed by atoms with Gasteiger partial charge in [0.15, 0.2) is 11.4 Å². The molecule has 3 N–H and O–H groups in total. The van der Waals surface area contributed by atoms with Gasteiger partial charge in [0.05, 0.1) is 23.2 Å². The Morgan fingerprint density at radius 2 is 1.83 bits per heavy atom. The number of hydrogen-bond donors (Lipinski definition) is 2. The topological polar surface area (TPSA) is 112 Å². The smallest absolute Gasteiger partial charge is 0.399 e. The molecule has 1 heterocycles. The summed E-state index contributed by atoms with van der Waals surface area (Å²) in [5.41, 5.74) is 2.74. The van der Waals surface area contributed by atoms with E-state index in [1.807, 2.05) is 13.2 Å². The van der Waals surface area contributed by atoms with Crippen molar-refractivity contribution >= 4 is 35.0 Å². The molecule has 0 saturated carbocycles. The van der Waals surface area contributed by atoms with E-state index in [0.717, 1.165) is 7.11 Å². The van der Waals surface area contributed by atoms with Crippen molar-refractivity contribution in [2.75, 3.05) is 24.4 Å². The summed E-state index contributed by atoms with van der Waals surface area (Å²) in [5, 5.41) is 8.80. The number of carbonyl (C=O) groups excluding carboxylic acids is 2. The first-order valence-corrected chi connectivity index (χ1v) is 13.6. The second-order valence-corrected chi connectivity index (χ2v) is 10.2. The van der Waals surface area contributed by atoms with Crippen molar-refractivity contribution in [3.8, 4) is 0 Å². The summed E-state index contributed by atoms with van der Waals surface area (Å²) in [5.74, 6) is -0.701. The summed E-state index contributed by atoms with van der Waals surface area (Å²) < 4.78 is 81.6. The number of oxime groups is 1. The lowest BCUT2D eigenvalue weighted by Gasteiger charge is -2.17. The van der Waals surface area contributed by atoms with Crippen molar-refractivity contribution in [3.05, 3.63) is 81.7 Å². The zero-order valence-electron chi connectivity index (χ0n) is 22.9. The number of aromatic nitrogens is 2. The van der Waals surface area contributed by atoms with Gasteiger partial charge in [0, 0.05) is 11.9 Å². The predicted molar refractivity (Wildman–Crippen MR) is 147 cm³/mol. The second kappa shape index (κ2) is 12.9. The molecule has 3 aromatic rings. The average Bonchev–Trinajstić information content (AvgIpc) is 3.31. The van der Waals surface area contributed by atoms with E-state index < -0.39 is 41.1 Å². The number of primary amides is 1. The van der Waals surface area contributed by atoms with Crippen LogP contribution in [0.2, 0.25) is 0 Å². The fourth-order valence-corrected chi connectivity index (χ4v) is 5.04. The number of aryl methyl sites for hydroxylation is 1. The maximum absolute atomic E-state index is 13.5. The van der Waals surface area contributed by atoms with Crippen LogP contribution >= 0.6 is 11.8 Å². The molecule has 0 fully saturated rings. The molecule has 0 aliphatic rings. The lowest BCUT2D eigenvalue weighted by Crippen LogP contribution is -2.26. The molecule has 0 saturated heterocycles. The van der Waals surface area contributed by atoms with Gasteiger partial charge >= 0.3 is 12.4 Å². The van der Waals surface area contributed by atoms with Gasteiger partial charge in [-0.15, -0.1) is 0 Å². The first-order valence-electron chi connectivity index (χ1n) is 12.2. The summed E-state index contributed by atoms with van der Waals surface area (Å²) in [6.07, 6.45) is -7.92. The van der Waals surface area contributed by atoms with Crippen molar-refractivity contribution < 1.29 is 40.8 Å². The van der Waals surface area contributed by atoms with Gasteiger partial charge in [-0.3, -0.25) is 14.3 Å². The number of nitrogens with one attached hydrogen (secondary N) is 1. The number of anilines is 1. The molecule has 2 aromatic carbocycles. The third kappa shape index (κ3) is 7.43. The summed E-state index contributed by atoms with van der Waals surface area (Å²) in [6, 6.07) is 9.35. The monoisotopic (exact) mass is 615 g/mol. The van der Waals surface area contributed by atoms with Crippen LogP contribution in [0.1, 0.15) is 61.5 Å². The molecule has 0 aliphatic heterocycles. The van der Waals surface area contributed by atoms with E-state index in [2.05, 4.69) is 20.4 Å². The Labute approximate surface area is 241 Å². The van der Waals surface area contributed by atoms with E-state index in [0.29, 0.717) is 39.0 Å². The van der Waals surface area contributed by atoms with Crippen LogP contribution in [0.25, 0.3) is 0 Å². The van der Waals surface area contributed by atoms with Crippen molar-refractivity contribution in [2.45, 2.75) is 38.7 Å². The minimum atomic E-state index is -5.23. The molecule has 0 aliphatic carbocycles. The van der Waals surface area contributed by atoms with E-state index in [-0.39, 0.29) is 23.6 Å². The number of carbonyl (C=O) groups is 2. The maximum atomic E-state index is 13.5. The Balaban J connectivity index is 1.91. The number of alkyl halides is 6. The van der Waals surface area contributed by atoms with Crippen LogP contribution in [-0.2, 0) is 17.6 Å². The first-order chi connectivity index (χ1) is 19.6. The molecule has 42 heavy (non-hydrogen) atoms. The summed E-state index contributed by atoms with van der Waals surface area (Å²) in [4.78, 5) is 29.6. The molecular formula is C27H27F6N5O3S. The highest BCUT2D eigenvalue weighted by Gasteiger charge is 2.46. The van der Waals surface area contributed by atoms with Crippen LogP contribution < -0.4 is 11.1 Å². The van der Waals surface area contributed by atoms with Gasteiger partial charge < -0.3 is 15.9 Å². The highest BCUT2D eigenvalue weighted by molar-refractivity contribution is 7.98. The number of halogens is 6. The Morgan fingerprint density at radius 3 is 2.38 bits per heavy atom. The zero-order chi connectivity index (χ0) is 31.4. The molecule has 15 heteroatoms. The molecule has 226 valence electrons. The van der Waals surface area contributed by atoms with E-state index in [9.17, 15) is 35.9 Å². The zero-order valence-corrected chi connectivity index (χ0v) is 23.7. The molecule has 3 rings (SSSR count). The molecule has 0 spiro atoms.